The van der Waals surface area contributed by atoms with Crippen LogP contribution in [0.2, 0.25) is 5.02 Å². The molecule has 3 aromatic rings. The summed E-state index contributed by atoms with van der Waals surface area (Å²) in [5, 5.41) is 0.404. The lowest BCUT2D eigenvalue weighted by Gasteiger charge is -2.11. The predicted molar refractivity (Wildman–Crippen MR) is 97.6 cm³/mol. The summed E-state index contributed by atoms with van der Waals surface area (Å²) in [7, 11) is -3.74. The van der Waals surface area contributed by atoms with E-state index in [1.165, 1.54) is 12.4 Å². The number of hydrogen-bond donors (Lipinski definition) is 0. The van der Waals surface area contributed by atoms with Gasteiger partial charge in [0.2, 0.25) is 0 Å². The van der Waals surface area contributed by atoms with Gasteiger partial charge in [-0.25, -0.2) is 17.4 Å². The van der Waals surface area contributed by atoms with Crippen molar-refractivity contribution >= 4 is 21.6 Å². The van der Waals surface area contributed by atoms with Crippen LogP contribution >= 0.6 is 11.6 Å². The highest BCUT2D eigenvalue weighted by Crippen LogP contribution is 2.31. The molecule has 0 aliphatic heterocycles. The van der Waals surface area contributed by atoms with Crippen molar-refractivity contribution < 1.29 is 13.2 Å². The summed E-state index contributed by atoms with van der Waals surface area (Å²) in [5.74, 6) is 0.845. The largest absolute Gasteiger partial charge is 0.492 e. The second-order valence-corrected chi connectivity index (χ2v) is 7.67. The highest BCUT2D eigenvalue weighted by Gasteiger charge is 2.21. The molecule has 0 aliphatic carbocycles. The third kappa shape index (κ3) is 3.41. The first-order chi connectivity index (χ1) is 11.9. The molecule has 0 radical (unpaired) electrons. The fraction of sp³-hybridized carbons (Fsp3) is 0.167. The lowest BCUT2D eigenvalue weighted by Crippen LogP contribution is -2.13. The van der Waals surface area contributed by atoms with Crippen LogP contribution in [0.5, 0.6) is 5.75 Å². The van der Waals surface area contributed by atoms with Gasteiger partial charge >= 0.3 is 0 Å². The molecule has 0 spiro atoms. The first kappa shape index (κ1) is 17.5. The molecule has 0 aliphatic rings. The topological polar surface area (TPSA) is 61.2 Å². The van der Waals surface area contributed by atoms with E-state index in [1.807, 2.05) is 13.8 Å². The number of aromatic nitrogens is 2. The van der Waals surface area contributed by atoms with E-state index in [2.05, 4.69) is 4.98 Å². The molecule has 0 unspecified atom stereocenters. The van der Waals surface area contributed by atoms with E-state index in [9.17, 15) is 8.42 Å². The zero-order chi connectivity index (χ0) is 18.0. The van der Waals surface area contributed by atoms with Gasteiger partial charge in [-0.2, -0.15) is 0 Å². The van der Waals surface area contributed by atoms with Crippen molar-refractivity contribution in [3.05, 3.63) is 65.4 Å². The van der Waals surface area contributed by atoms with Crippen LogP contribution in [0.15, 0.2) is 59.8 Å². The van der Waals surface area contributed by atoms with Crippen LogP contribution in [0.3, 0.4) is 0 Å². The molecule has 0 atom stereocenters. The van der Waals surface area contributed by atoms with Gasteiger partial charge in [-0.3, -0.25) is 0 Å². The van der Waals surface area contributed by atoms with Gasteiger partial charge in [0.15, 0.2) is 5.82 Å². The van der Waals surface area contributed by atoms with Gasteiger partial charge in [-0.1, -0.05) is 29.3 Å². The SMILES string of the molecule is CCOc1ccc(-c2nccn2S(=O)(=O)c2ccc(C)cc2)cc1Cl. The van der Waals surface area contributed by atoms with Gasteiger partial charge in [0, 0.05) is 18.0 Å². The Morgan fingerprint density at radius 1 is 1.16 bits per heavy atom. The predicted octanol–water partition coefficient (Wildman–Crippen LogP) is 4.15. The number of halogens is 1. The molecule has 0 saturated heterocycles. The van der Waals surface area contributed by atoms with Gasteiger partial charge < -0.3 is 4.74 Å². The summed E-state index contributed by atoms with van der Waals surface area (Å²) < 4.78 is 32.4. The molecule has 0 N–H and O–H groups in total. The zero-order valence-electron chi connectivity index (χ0n) is 13.8. The third-order valence-corrected chi connectivity index (χ3v) is 5.65. The van der Waals surface area contributed by atoms with Gasteiger partial charge in [-0.05, 0) is 44.2 Å². The fourth-order valence-electron chi connectivity index (χ4n) is 2.42. The molecule has 0 amide bonds. The van der Waals surface area contributed by atoms with E-state index >= 15 is 0 Å². The molecule has 5 nitrogen and oxygen atoms in total. The number of benzene rings is 2. The Labute approximate surface area is 151 Å². The molecule has 0 fully saturated rings. The van der Waals surface area contributed by atoms with Crippen LogP contribution in [0.1, 0.15) is 12.5 Å². The Kier molecular flexibility index (Phi) is 4.83. The number of hydrogen-bond acceptors (Lipinski definition) is 4. The van der Waals surface area contributed by atoms with E-state index in [4.69, 9.17) is 16.3 Å². The smallest absolute Gasteiger partial charge is 0.269 e. The lowest BCUT2D eigenvalue weighted by molar-refractivity contribution is 0.340. The fourth-order valence-corrected chi connectivity index (χ4v) is 3.96. The van der Waals surface area contributed by atoms with Crippen molar-refractivity contribution in [2.45, 2.75) is 18.7 Å². The average Bonchev–Trinajstić information content (AvgIpc) is 3.08. The van der Waals surface area contributed by atoms with E-state index < -0.39 is 10.0 Å². The van der Waals surface area contributed by atoms with Crippen LogP contribution in [0, 0.1) is 6.92 Å². The second-order valence-electron chi connectivity index (χ2n) is 5.44. The van der Waals surface area contributed by atoms with Crippen molar-refractivity contribution in [3.8, 4) is 17.1 Å². The van der Waals surface area contributed by atoms with E-state index in [1.54, 1.807) is 42.5 Å². The molecule has 25 heavy (non-hydrogen) atoms. The Bertz CT molecular complexity index is 995. The molecule has 1 aromatic heterocycles. The first-order valence-corrected chi connectivity index (χ1v) is 9.53. The molecule has 0 saturated carbocycles. The summed E-state index contributed by atoms with van der Waals surface area (Å²) in [5.41, 5.74) is 1.58. The Morgan fingerprint density at radius 2 is 1.88 bits per heavy atom. The van der Waals surface area contributed by atoms with Crippen molar-refractivity contribution in [3.63, 3.8) is 0 Å². The number of rotatable bonds is 5. The normalized spacial score (nSPS) is 11.5. The van der Waals surface area contributed by atoms with Crippen molar-refractivity contribution in [1.29, 1.82) is 0 Å². The third-order valence-electron chi connectivity index (χ3n) is 3.68. The van der Waals surface area contributed by atoms with Crippen LogP contribution in [-0.2, 0) is 10.0 Å². The summed E-state index contributed by atoms with van der Waals surface area (Å²) in [4.78, 5) is 4.40. The maximum absolute atomic E-state index is 12.9. The molecular formula is C18H17ClN2O3S. The number of nitrogens with zero attached hydrogens (tertiary/aromatic N) is 2. The number of imidazole rings is 1. The summed E-state index contributed by atoms with van der Waals surface area (Å²) in [6.07, 6.45) is 2.88. The summed E-state index contributed by atoms with van der Waals surface area (Å²) in [6, 6.07) is 11.8. The average molecular weight is 377 g/mol. The second kappa shape index (κ2) is 6.90. The zero-order valence-corrected chi connectivity index (χ0v) is 15.4. The number of ether oxygens (including phenoxy) is 1. The van der Waals surface area contributed by atoms with Gasteiger partial charge in [0.1, 0.15) is 5.75 Å². The van der Waals surface area contributed by atoms with Gasteiger partial charge in [0.05, 0.1) is 16.5 Å². The molecule has 2 aromatic carbocycles. The maximum Gasteiger partial charge on any atom is 0.269 e. The van der Waals surface area contributed by atoms with Gasteiger partial charge in [-0.15, -0.1) is 0 Å². The van der Waals surface area contributed by atoms with Crippen molar-refractivity contribution in [2.75, 3.05) is 6.61 Å². The minimum absolute atomic E-state index is 0.203. The standard InChI is InChI=1S/C18H17ClN2O3S/c1-3-24-17-9-6-14(12-16(17)19)18-20-10-11-21(18)25(22,23)15-7-4-13(2)5-8-15/h4-12H,3H2,1-2H3. The summed E-state index contributed by atoms with van der Waals surface area (Å²) in [6.45, 7) is 4.27. The highest BCUT2D eigenvalue weighted by atomic mass is 35.5. The molecule has 130 valence electrons. The van der Waals surface area contributed by atoms with Crippen LogP contribution in [0.4, 0.5) is 0 Å². The van der Waals surface area contributed by atoms with E-state index in [0.717, 1.165) is 9.54 Å². The summed E-state index contributed by atoms with van der Waals surface area (Å²) >= 11 is 6.21. The van der Waals surface area contributed by atoms with Crippen LogP contribution < -0.4 is 4.74 Å². The monoisotopic (exact) mass is 376 g/mol. The minimum atomic E-state index is -3.74. The van der Waals surface area contributed by atoms with Gasteiger partial charge in [0.25, 0.3) is 10.0 Å². The van der Waals surface area contributed by atoms with Crippen LogP contribution in [0.25, 0.3) is 11.4 Å². The highest BCUT2D eigenvalue weighted by molar-refractivity contribution is 7.90. The molecule has 0 bridgehead atoms. The van der Waals surface area contributed by atoms with Crippen molar-refractivity contribution in [2.24, 2.45) is 0 Å². The number of aryl methyl sites for hydroxylation is 1. The van der Waals surface area contributed by atoms with E-state index in [-0.39, 0.29) is 4.90 Å². The Hall–Kier alpha value is -2.31. The molecular weight excluding hydrogens is 360 g/mol. The van der Waals surface area contributed by atoms with Crippen LogP contribution in [-0.4, -0.2) is 24.0 Å². The molecule has 7 heteroatoms. The first-order valence-electron chi connectivity index (χ1n) is 7.72. The Balaban J connectivity index is 2.06. The Morgan fingerprint density at radius 3 is 2.52 bits per heavy atom. The maximum atomic E-state index is 12.9. The lowest BCUT2D eigenvalue weighted by atomic mass is 10.2. The van der Waals surface area contributed by atoms with E-state index in [0.29, 0.717) is 28.8 Å². The quantitative estimate of drug-likeness (QED) is 0.671. The molecule has 1 heterocycles. The minimum Gasteiger partial charge on any atom is -0.492 e. The van der Waals surface area contributed by atoms with Crippen molar-refractivity contribution in [1.82, 2.24) is 8.96 Å². The molecule has 3 rings (SSSR count).